The molecule has 2 aromatic rings. The molecule has 20 heavy (non-hydrogen) atoms. The van der Waals surface area contributed by atoms with E-state index in [0.717, 1.165) is 21.0 Å². The van der Waals surface area contributed by atoms with Gasteiger partial charge in [0.05, 0.1) is 26.4 Å². The van der Waals surface area contributed by atoms with Crippen LogP contribution in [-0.2, 0) is 22.6 Å². The molecule has 0 radical (unpaired) electrons. The van der Waals surface area contributed by atoms with Gasteiger partial charge in [-0.3, -0.25) is 0 Å². The van der Waals surface area contributed by atoms with Gasteiger partial charge in [-0.1, -0.05) is 0 Å². The normalized spacial score (nSPS) is 11.0. The maximum absolute atomic E-state index is 5.51. The van der Waals surface area contributed by atoms with Crippen molar-refractivity contribution in [2.24, 2.45) is 0 Å². The molecule has 2 rings (SSSR count). The van der Waals surface area contributed by atoms with E-state index in [4.69, 9.17) is 33.9 Å². The minimum absolute atomic E-state index is 0.604. The number of rotatable bonds is 9. The van der Waals surface area contributed by atoms with Crippen LogP contribution < -0.4 is 0 Å². The lowest BCUT2D eigenvalue weighted by molar-refractivity contribution is 0.0420. The molecule has 0 saturated heterocycles. The Morgan fingerprint density at radius 1 is 0.800 bits per heavy atom. The molecule has 0 unspecified atom stereocenters. The summed E-state index contributed by atoms with van der Waals surface area (Å²) in [5.41, 5.74) is 0. The standard InChI is InChI=1S/C12H16N2O2S4/c17-11-13(3-9-19-11)1-5-15-7-8-16-6-2-14-4-10-20-12(14)18/h3-4,9-10H,1-2,5-8H2. The first-order chi connectivity index (χ1) is 9.77. The molecular formula is C12H16N2O2S4. The van der Waals surface area contributed by atoms with Crippen LogP contribution in [0.2, 0.25) is 0 Å². The molecule has 2 aromatic heterocycles. The van der Waals surface area contributed by atoms with Crippen molar-refractivity contribution >= 4 is 47.1 Å². The zero-order valence-corrected chi connectivity index (χ0v) is 14.2. The van der Waals surface area contributed by atoms with Gasteiger partial charge < -0.3 is 18.6 Å². The van der Waals surface area contributed by atoms with Crippen LogP contribution in [0.1, 0.15) is 0 Å². The third-order valence-electron chi connectivity index (χ3n) is 2.61. The Morgan fingerprint density at radius 3 is 1.60 bits per heavy atom. The van der Waals surface area contributed by atoms with Crippen molar-refractivity contribution in [3.63, 3.8) is 0 Å². The van der Waals surface area contributed by atoms with E-state index in [2.05, 4.69) is 0 Å². The summed E-state index contributed by atoms with van der Waals surface area (Å²) >= 11 is 13.5. The summed E-state index contributed by atoms with van der Waals surface area (Å²) in [5.74, 6) is 0. The number of hydrogen-bond acceptors (Lipinski definition) is 6. The third-order valence-corrected chi connectivity index (χ3v) is 5.05. The lowest BCUT2D eigenvalue weighted by Gasteiger charge is -2.07. The molecule has 8 heteroatoms. The number of ether oxygens (including phenoxy) is 2. The van der Waals surface area contributed by atoms with Gasteiger partial charge in [-0.15, -0.1) is 22.7 Å². The highest BCUT2D eigenvalue weighted by atomic mass is 32.2. The van der Waals surface area contributed by atoms with Crippen LogP contribution in [0.25, 0.3) is 0 Å². The van der Waals surface area contributed by atoms with E-state index >= 15 is 0 Å². The summed E-state index contributed by atoms with van der Waals surface area (Å²) in [4.78, 5) is 0. The Labute approximate surface area is 136 Å². The van der Waals surface area contributed by atoms with Gasteiger partial charge >= 0.3 is 0 Å². The molecule has 0 spiro atoms. The minimum atomic E-state index is 0.604. The van der Waals surface area contributed by atoms with Crippen LogP contribution in [-0.4, -0.2) is 35.6 Å². The third kappa shape index (κ3) is 5.19. The first-order valence-electron chi connectivity index (χ1n) is 6.21. The van der Waals surface area contributed by atoms with Gasteiger partial charge in [0, 0.05) is 36.2 Å². The predicted molar refractivity (Wildman–Crippen MR) is 87.9 cm³/mol. The van der Waals surface area contributed by atoms with Crippen LogP contribution in [0.15, 0.2) is 23.2 Å². The number of nitrogens with zero attached hydrogens (tertiary/aromatic N) is 2. The molecule has 2 heterocycles. The fourth-order valence-electron chi connectivity index (χ4n) is 1.56. The fourth-order valence-corrected chi connectivity index (χ4v) is 3.42. The Hall–Kier alpha value is -0.380. The number of thiazole rings is 2. The first-order valence-corrected chi connectivity index (χ1v) is 8.78. The van der Waals surface area contributed by atoms with Gasteiger partial charge in [0.25, 0.3) is 0 Å². The summed E-state index contributed by atoms with van der Waals surface area (Å²) in [5, 5.41) is 3.97. The van der Waals surface area contributed by atoms with Crippen LogP contribution in [0.4, 0.5) is 0 Å². The SMILES string of the molecule is S=c1sccn1CCOCCOCCn1ccsc1=S. The van der Waals surface area contributed by atoms with Crippen molar-refractivity contribution in [3.8, 4) is 0 Å². The van der Waals surface area contributed by atoms with E-state index < -0.39 is 0 Å². The molecule has 4 nitrogen and oxygen atoms in total. The molecule has 0 atom stereocenters. The van der Waals surface area contributed by atoms with Crippen LogP contribution in [0.3, 0.4) is 0 Å². The molecule has 0 aliphatic carbocycles. The quantitative estimate of drug-likeness (QED) is 0.511. The average Bonchev–Trinajstić information content (AvgIpc) is 3.02. The zero-order valence-electron chi connectivity index (χ0n) is 10.9. The monoisotopic (exact) mass is 348 g/mol. The topological polar surface area (TPSA) is 28.3 Å². The lowest BCUT2D eigenvalue weighted by Crippen LogP contribution is -2.12. The lowest BCUT2D eigenvalue weighted by atomic mass is 10.6. The van der Waals surface area contributed by atoms with E-state index in [1.165, 1.54) is 0 Å². The molecular weight excluding hydrogens is 332 g/mol. The largest absolute Gasteiger partial charge is 0.377 e. The van der Waals surface area contributed by atoms with E-state index in [1.54, 1.807) is 22.7 Å². The summed E-state index contributed by atoms with van der Waals surface area (Å²) in [6, 6.07) is 0. The van der Waals surface area contributed by atoms with Gasteiger partial charge in [0.2, 0.25) is 0 Å². The second kappa shape index (κ2) is 8.81. The summed E-state index contributed by atoms with van der Waals surface area (Å²) in [7, 11) is 0. The number of aromatic nitrogens is 2. The number of hydrogen-bond donors (Lipinski definition) is 0. The van der Waals surface area contributed by atoms with Crippen molar-refractivity contribution in [1.82, 2.24) is 9.13 Å². The highest BCUT2D eigenvalue weighted by Gasteiger charge is 1.96. The maximum atomic E-state index is 5.51. The summed E-state index contributed by atoms with van der Waals surface area (Å²) in [6.45, 7) is 4.12. The first kappa shape index (κ1) is 16.0. The summed E-state index contributed by atoms with van der Waals surface area (Å²) in [6.07, 6.45) is 3.97. The zero-order chi connectivity index (χ0) is 14.2. The van der Waals surface area contributed by atoms with E-state index in [-0.39, 0.29) is 0 Å². The van der Waals surface area contributed by atoms with Crippen molar-refractivity contribution < 1.29 is 9.47 Å². The van der Waals surface area contributed by atoms with E-state index in [0.29, 0.717) is 26.4 Å². The molecule has 0 N–H and O–H groups in total. The van der Waals surface area contributed by atoms with Crippen molar-refractivity contribution in [1.29, 1.82) is 0 Å². The van der Waals surface area contributed by atoms with Crippen LogP contribution in [0.5, 0.6) is 0 Å². The van der Waals surface area contributed by atoms with Crippen molar-refractivity contribution in [2.75, 3.05) is 26.4 Å². The van der Waals surface area contributed by atoms with Gasteiger partial charge in [0.15, 0.2) is 7.91 Å². The van der Waals surface area contributed by atoms with Crippen LogP contribution >= 0.6 is 47.1 Å². The van der Waals surface area contributed by atoms with Gasteiger partial charge in [-0.25, -0.2) is 0 Å². The van der Waals surface area contributed by atoms with Gasteiger partial charge in [-0.2, -0.15) is 0 Å². The molecule has 0 aliphatic rings. The molecule has 0 aliphatic heterocycles. The Bertz CT molecular complexity index is 559. The van der Waals surface area contributed by atoms with Crippen molar-refractivity contribution in [3.05, 3.63) is 31.1 Å². The maximum Gasteiger partial charge on any atom is 0.161 e. The fraction of sp³-hybridized carbons (Fsp3) is 0.500. The average molecular weight is 349 g/mol. The molecule has 0 amide bonds. The van der Waals surface area contributed by atoms with Gasteiger partial charge in [0.1, 0.15) is 0 Å². The predicted octanol–water partition coefficient (Wildman–Crippen LogP) is 3.60. The smallest absolute Gasteiger partial charge is 0.161 e. The highest BCUT2D eigenvalue weighted by Crippen LogP contribution is 2.03. The molecule has 0 fully saturated rings. The Kier molecular flexibility index (Phi) is 7.05. The molecule has 110 valence electrons. The molecule has 0 saturated carbocycles. The second-order valence-corrected chi connectivity index (χ2v) is 7.03. The highest BCUT2D eigenvalue weighted by molar-refractivity contribution is 7.73. The van der Waals surface area contributed by atoms with E-state index in [1.807, 2.05) is 32.3 Å². The van der Waals surface area contributed by atoms with Crippen LogP contribution in [0, 0.1) is 7.91 Å². The second-order valence-electron chi connectivity index (χ2n) is 3.95. The Morgan fingerprint density at radius 2 is 1.25 bits per heavy atom. The summed E-state index contributed by atoms with van der Waals surface area (Å²) < 4.78 is 16.8. The Balaban J connectivity index is 1.48. The minimum Gasteiger partial charge on any atom is -0.377 e. The van der Waals surface area contributed by atoms with E-state index in [9.17, 15) is 0 Å². The molecule has 0 aromatic carbocycles. The molecule has 0 bridgehead atoms. The van der Waals surface area contributed by atoms with Gasteiger partial charge in [-0.05, 0) is 24.4 Å². The van der Waals surface area contributed by atoms with Crippen molar-refractivity contribution in [2.45, 2.75) is 13.1 Å².